The second kappa shape index (κ2) is 6.51. The molecule has 8 heteroatoms. The van der Waals surface area contributed by atoms with Gasteiger partial charge in [-0.3, -0.25) is 10.1 Å². The molecular formula is C18H14ClN5OS. The van der Waals surface area contributed by atoms with Crippen LogP contribution >= 0.6 is 22.9 Å². The number of aryl methyl sites for hydroxylation is 1. The molecule has 0 aliphatic rings. The Morgan fingerprint density at radius 2 is 1.96 bits per heavy atom. The molecule has 26 heavy (non-hydrogen) atoms. The van der Waals surface area contributed by atoms with Gasteiger partial charge in [-0.15, -0.1) is 5.10 Å². The molecule has 0 spiro atoms. The van der Waals surface area contributed by atoms with Crippen LogP contribution < -0.4 is 5.32 Å². The molecule has 0 fully saturated rings. The summed E-state index contributed by atoms with van der Waals surface area (Å²) in [5.74, 6) is -0.350. The maximum Gasteiger partial charge on any atom is 0.279 e. The minimum absolute atomic E-state index is 0.239. The summed E-state index contributed by atoms with van der Waals surface area (Å²) in [6.45, 7) is 3.72. The van der Waals surface area contributed by atoms with Crippen molar-refractivity contribution in [1.29, 1.82) is 0 Å². The average Bonchev–Trinajstić information content (AvgIpc) is 3.18. The van der Waals surface area contributed by atoms with Gasteiger partial charge in [-0.1, -0.05) is 52.4 Å². The standard InChI is InChI=1S/C18H14ClN5OS/c1-10-6-5-7-12(19)16(10)24-11(2)15(22-23-24)17(25)21-18-20-13-8-3-4-9-14(13)26-18/h3-9H,1-2H3,(H,20,21,25). The third-order valence-electron chi connectivity index (χ3n) is 4.02. The zero-order valence-corrected chi connectivity index (χ0v) is 15.6. The van der Waals surface area contributed by atoms with Gasteiger partial charge in [-0.2, -0.15) is 0 Å². The number of benzene rings is 2. The molecule has 0 unspecified atom stereocenters. The van der Waals surface area contributed by atoms with Crippen LogP contribution in [0.4, 0.5) is 5.13 Å². The number of hydrogen-bond donors (Lipinski definition) is 1. The Morgan fingerprint density at radius 3 is 2.73 bits per heavy atom. The number of carbonyl (C=O) groups is 1. The number of aromatic nitrogens is 4. The van der Waals surface area contributed by atoms with Gasteiger partial charge in [0.25, 0.3) is 5.91 Å². The van der Waals surface area contributed by atoms with Crippen molar-refractivity contribution in [3.05, 3.63) is 64.4 Å². The maximum absolute atomic E-state index is 12.6. The first-order valence-electron chi connectivity index (χ1n) is 7.89. The fraction of sp³-hybridized carbons (Fsp3) is 0.111. The van der Waals surface area contributed by atoms with E-state index in [2.05, 4.69) is 20.6 Å². The molecule has 0 saturated heterocycles. The summed E-state index contributed by atoms with van der Waals surface area (Å²) in [7, 11) is 0. The predicted molar refractivity (Wildman–Crippen MR) is 103 cm³/mol. The van der Waals surface area contributed by atoms with Crippen LogP contribution in [0.15, 0.2) is 42.5 Å². The third-order valence-corrected chi connectivity index (χ3v) is 5.28. The van der Waals surface area contributed by atoms with Crippen LogP contribution in [0.3, 0.4) is 0 Å². The van der Waals surface area contributed by atoms with Crippen molar-refractivity contribution in [3.63, 3.8) is 0 Å². The molecule has 6 nitrogen and oxygen atoms in total. The Balaban J connectivity index is 1.66. The molecule has 0 radical (unpaired) electrons. The first-order valence-corrected chi connectivity index (χ1v) is 9.09. The first-order chi connectivity index (χ1) is 12.5. The number of halogens is 1. The average molecular weight is 384 g/mol. The van der Waals surface area contributed by atoms with Crippen LogP contribution in [0.2, 0.25) is 5.02 Å². The SMILES string of the molecule is Cc1cccc(Cl)c1-n1nnc(C(=O)Nc2nc3ccccc3s2)c1C. The van der Waals surface area contributed by atoms with Gasteiger partial charge in [0.15, 0.2) is 10.8 Å². The quantitative estimate of drug-likeness (QED) is 0.569. The molecule has 1 N–H and O–H groups in total. The molecule has 2 aromatic heterocycles. The molecule has 0 aliphatic heterocycles. The van der Waals surface area contributed by atoms with E-state index in [0.29, 0.717) is 15.8 Å². The number of rotatable bonds is 3. The lowest BCUT2D eigenvalue weighted by atomic mass is 10.2. The Bertz CT molecular complexity index is 1080. The Kier molecular flexibility index (Phi) is 4.18. The van der Waals surface area contributed by atoms with E-state index in [0.717, 1.165) is 21.5 Å². The molecule has 0 bridgehead atoms. The minimum Gasteiger partial charge on any atom is -0.296 e. The highest BCUT2D eigenvalue weighted by Gasteiger charge is 2.20. The Labute approximate surface area is 158 Å². The van der Waals surface area contributed by atoms with Gasteiger partial charge in [-0.25, -0.2) is 9.67 Å². The number of anilines is 1. The fourth-order valence-electron chi connectivity index (χ4n) is 2.72. The van der Waals surface area contributed by atoms with Crippen LogP contribution in [-0.4, -0.2) is 25.9 Å². The summed E-state index contributed by atoms with van der Waals surface area (Å²) in [5.41, 5.74) is 3.37. The van der Waals surface area contributed by atoms with Gasteiger partial charge in [0.1, 0.15) is 0 Å². The zero-order chi connectivity index (χ0) is 18.3. The maximum atomic E-state index is 12.6. The molecule has 1 amide bonds. The number of para-hydroxylation sites is 2. The van der Waals surface area contributed by atoms with E-state index in [1.807, 2.05) is 43.3 Å². The van der Waals surface area contributed by atoms with Gasteiger partial charge in [0.2, 0.25) is 0 Å². The number of nitrogens with zero attached hydrogens (tertiary/aromatic N) is 4. The summed E-state index contributed by atoms with van der Waals surface area (Å²) in [4.78, 5) is 17.0. The van der Waals surface area contributed by atoms with E-state index in [4.69, 9.17) is 11.6 Å². The normalized spacial score (nSPS) is 11.0. The third kappa shape index (κ3) is 2.85. The molecule has 0 aliphatic carbocycles. The molecule has 2 aromatic carbocycles. The minimum atomic E-state index is -0.350. The van der Waals surface area contributed by atoms with Crippen molar-refractivity contribution in [2.24, 2.45) is 0 Å². The molecule has 2 heterocycles. The van der Waals surface area contributed by atoms with E-state index < -0.39 is 0 Å². The summed E-state index contributed by atoms with van der Waals surface area (Å²) in [5, 5.41) is 12.0. The lowest BCUT2D eigenvalue weighted by Gasteiger charge is -2.09. The summed E-state index contributed by atoms with van der Waals surface area (Å²) in [6.07, 6.45) is 0. The number of amides is 1. The second-order valence-corrected chi connectivity index (χ2v) is 7.22. The summed E-state index contributed by atoms with van der Waals surface area (Å²) in [6, 6.07) is 13.3. The lowest BCUT2D eigenvalue weighted by Crippen LogP contribution is -2.14. The number of hydrogen-bond acceptors (Lipinski definition) is 5. The van der Waals surface area contributed by atoms with Crippen LogP contribution in [0.5, 0.6) is 0 Å². The molecule has 130 valence electrons. The molecular weight excluding hydrogens is 370 g/mol. The van der Waals surface area contributed by atoms with Crippen molar-refractivity contribution < 1.29 is 4.79 Å². The molecule has 0 atom stereocenters. The molecule has 4 rings (SSSR count). The number of nitrogens with one attached hydrogen (secondary N) is 1. The highest BCUT2D eigenvalue weighted by atomic mass is 35.5. The Hall–Kier alpha value is -2.77. The van der Waals surface area contributed by atoms with Crippen LogP contribution in [0.1, 0.15) is 21.7 Å². The zero-order valence-electron chi connectivity index (χ0n) is 14.0. The largest absolute Gasteiger partial charge is 0.296 e. The van der Waals surface area contributed by atoms with Gasteiger partial charge in [0, 0.05) is 0 Å². The predicted octanol–water partition coefficient (Wildman–Crippen LogP) is 4.40. The highest BCUT2D eigenvalue weighted by Crippen LogP contribution is 2.27. The smallest absolute Gasteiger partial charge is 0.279 e. The van der Waals surface area contributed by atoms with Crippen LogP contribution in [0.25, 0.3) is 15.9 Å². The number of fused-ring (bicyclic) bond motifs is 1. The van der Waals surface area contributed by atoms with Gasteiger partial charge in [-0.05, 0) is 37.6 Å². The first kappa shape index (κ1) is 16.7. The van der Waals surface area contributed by atoms with E-state index >= 15 is 0 Å². The summed E-state index contributed by atoms with van der Waals surface area (Å²) >= 11 is 7.72. The topological polar surface area (TPSA) is 72.7 Å². The summed E-state index contributed by atoms with van der Waals surface area (Å²) < 4.78 is 2.60. The van der Waals surface area contributed by atoms with Crippen molar-refractivity contribution in [3.8, 4) is 5.69 Å². The van der Waals surface area contributed by atoms with Crippen LogP contribution in [0, 0.1) is 13.8 Å². The van der Waals surface area contributed by atoms with Gasteiger partial charge < -0.3 is 0 Å². The van der Waals surface area contributed by atoms with E-state index in [1.165, 1.54) is 11.3 Å². The fourth-order valence-corrected chi connectivity index (χ4v) is 3.89. The van der Waals surface area contributed by atoms with Gasteiger partial charge in [0.05, 0.1) is 26.6 Å². The highest BCUT2D eigenvalue weighted by molar-refractivity contribution is 7.22. The lowest BCUT2D eigenvalue weighted by molar-refractivity contribution is 0.102. The molecule has 4 aromatic rings. The second-order valence-electron chi connectivity index (χ2n) is 5.78. The van der Waals surface area contributed by atoms with E-state index in [1.54, 1.807) is 17.7 Å². The monoisotopic (exact) mass is 383 g/mol. The van der Waals surface area contributed by atoms with Gasteiger partial charge >= 0.3 is 0 Å². The number of carbonyl (C=O) groups excluding carboxylic acids is 1. The number of thiazole rings is 1. The van der Waals surface area contributed by atoms with Crippen molar-refractivity contribution in [2.75, 3.05) is 5.32 Å². The van der Waals surface area contributed by atoms with Crippen molar-refractivity contribution in [1.82, 2.24) is 20.0 Å². The van der Waals surface area contributed by atoms with Crippen molar-refractivity contribution >= 4 is 44.2 Å². The van der Waals surface area contributed by atoms with E-state index in [9.17, 15) is 4.79 Å². The molecule has 0 saturated carbocycles. The van der Waals surface area contributed by atoms with Crippen molar-refractivity contribution in [2.45, 2.75) is 13.8 Å². The van der Waals surface area contributed by atoms with E-state index in [-0.39, 0.29) is 11.6 Å². The Morgan fingerprint density at radius 1 is 1.15 bits per heavy atom. The van der Waals surface area contributed by atoms with Crippen LogP contribution in [-0.2, 0) is 0 Å².